The van der Waals surface area contributed by atoms with Gasteiger partial charge in [-0.3, -0.25) is 9.59 Å². The van der Waals surface area contributed by atoms with E-state index in [0.29, 0.717) is 30.6 Å². The van der Waals surface area contributed by atoms with Crippen molar-refractivity contribution in [1.82, 2.24) is 15.1 Å². The van der Waals surface area contributed by atoms with Gasteiger partial charge in [-0.1, -0.05) is 17.7 Å². The van der Waals surface area contributed by atoms with Crippen molar-refractivity contribution >= 4 is 23.4 Å². The third kappa shape index (κ3) is 3.37. The number of nitrogens with one attached hydrogen (secondary N) is 1. The summed E-state index contributed by atoms with van der Waals surface area (Å²) in [6.07, 6.45) is -1.13. The highest BCUT2D eigenvalue weighted by atomic mass is 35.5. The molecule has 2 amide bonds. The lowest BCUT2D eigenvalue weighted by atomic mass is 9.96. The van der Waals surface area contributed by atoms with Gasteiger partial charge in [-0.2, -0.15) is 0 Å². The maximum atomic E-state index is 13.3. The fraction of sp³-hybridized carbons (Fsp3) is 0.429. The number of aliphatic hydroxyl groups excluding tert-OH is 2. The number of allylic oxidation sites excluding steroid dienone is 1. The van der Waals surface area contributed by atoms with Gasteiger partial charge in [0.25, 0.3) is 11.8 Å². The molecule has 4 rings (SSSR count). The third-order valence-electron chi connectivity index (χ3n) is 5.99. The average molecular weight is 452 g/mol. The average Bonchev–Trinajstić information content (AvgIpc) is 3.17. The number of amides is 2. The summed E-state index contributed by atoms with van der Waals surface area (Å²) in [5.41, 5.74) is 1.05. The minimum atomic E-state index is -1.63. The molecule has 31 heavy (non-hydrogen) atoms. The highest BCUT2D eigenvalue weighted by Gasteiger charge is 2.53. The first-order valence-corrected chi connectivity index (χ1v) is 10.4. The first-order chi connectivity index (χ1) is 14.8. The second-order valence-electron chi connectivity index (χ2n) is 7.62. The van der Waals surface area contributed by atoms with E-state index in [1.807, 2.05) is 6.92 Å². The summed E-state index contributed by atoms with van der Waals surface area (Å²) in [5.74, 6) is -2.16. The molecule has 10 heteroatoms. The van der Waals surface area contributed by atoms with Crippen LogP contribution in [0.4, 0.5) is 4.39 Å². The summed E-state index contributed by atoms with van der Waals surface area (Å²) in [6, 6.07) is 3.82. The van der Waals surface area contributed by atoms with Gasteiger partial charge < -0.3 is 30.1 Å². The van der Waals surface area contributed by atoms with E-state index >= 15 is 0 Å². The summed E-state index contributed by atoms with van der Waals surface area (Å²) in [4.78, 5) is 29.1. The molecule has 3 aliphatic rings. The van der Waals surface area contributed by atoms with E-state index < -0.39 is 35.7 Å². The minimum absolute atomic E-state index is 0.00967. The zero-order valence-corrected chi connectivity index (χ0v) is 17.8. The van der Waals surface area contributed by atoms with Crippen molar-refractivity contribution in [2.24, 2.45) is 0 Å². The molecule has 3 atom stereocenters. The van der Waals surface area contributed by atoms with E-state index in [1.165, 1.54) is 30.2 Å². The molecule has 0 radical (unpaired) electrons. The number of ether oxygens (including phenoxy) is 1. The van der Waals surface area contributed by atoms with E-state index in [1.54, 1.807) is 4.90 Å². The number of carbonyl (C=O) groups excluding carboxylic acids is 2. The Morgan fingerprint density at radius 2 is 2.16 bits per heavy atom. The van der Waals surface area contributed by atoms with Crippen molar-refractivity contribution in [3.63, 3.8) is 0 Å². The molecule has 0 spiro atoms. The number of halogens is 2. The van der Waals surface area contributed by atoms with Crippen LogP contribution in [0.15, 0.2) is 40.9 Å². The number of methoxy groups -OCH3 is 1. The molecule has 3 heterocycles. The monoisotopic (exact) mass is 451 g/mol. The Morgan fingerprint density at radius 1 is 1.42 bits per heavy atom. The maximum Gasteiger partial charge on any atom is 0.276 e. The molecule has 2 fully saturated rings. The standard InChI is InChI=1S/C21H23ClFN3O5/c1-3-25-20(30)16-18(28)17(27)15(13-6-7-14(26(13)16)21(25)31-2)19(29)24-9-10-4-5-12(23)11(22)8-10/h4-5,8,14,17,21,27-28H,3,6-7,9H2,1-2H3,(H,24,29)/t14-,17?,21+/m0/s1. The summed E-state index contributed by atoms with van der Waals surface area (Å²) in [7, 11) is 1.51. The van der Waals surface area contributed by atoms with Gasteiger partial charge in [0.2, 0.25) is 0 Å². The number of likely N-dealkylation sites (N-methyl/N-ethyl adjacent to an activating group) is 1. The minimum Gasteiger partial charge on any atom is -0.507 e. The van der Waals surface area contributed by atoms with Crippen molar-refractivity contribution in [3.05, 3.63) is 57.3 Å². The van der Waals surface area contributed by atoms with Gasteiger partial charge in [-0.05, 0) is 37.5 Å². The molecule has 1 aromatic carbocycles. The Hall–Kier alpha value is -2.62. The molecule has 8 nitrogen and oxygen atoms in total. The zero-order valence-electron chi connectivity index (χ0n) is 17.1. The van der Waals surface area contributed by atoms with E-state index in [-0.39, 0.29) is 28.9 Å². The summed E-state index contributed by atoms with van der Waals surface area (Å²) < 4.78 is 18.9. The molecule has 0 aromatic heterocycles. The number of benzene rings is 1. The summed E-state index contributed by atoms with van der Waals surface area (Å²) in [5, 5.41) is 24.0. The first kappa shape index (κ1) is 21.6. The van der Waals surface area contributed by atoms with Crippen LogP contribution in [0.1, 0.15) is 25.3 Å². The highest BCUT2D eigenvalue weighted by Crippen LogP contribution is 2.45. The van der Waals surface area contributed by atoms with Crippen LogP contribution >= 0.6 is 11.6 Å². The van der Waals surface area contributed by atoms with Crippen LogP contribution in [0.3, 0.4) is 0 Å². The third-order valence-corrected chi connectivity index (χ3v) is 6.28. The zero-order chi connectivity index (χ0) is 22.4. The first-order valence-electron chi connectivity index (χ1n) is 9.99. The van der Waals surface area contributed by atoms with Crippen LogP contribution in [0.2, 0.25) is 5.02 Å². The van der Waals surface area contributed by atoms with Gasteiger partial charge in [0.05, 0.1) is 16.6 Å². The molecule has 1 aromatic rings. The summed E-state index contributed by atoms with van der Waals surface area (Å²) >= 11 is 5.78. The second-order valence-corrected chi connectivity index (χ2v) is 8.03. The second kappa shape index (κ2) is 8.14. The van der Waals surface area contributed by atoms with E-state index in [9.17, 15) is 24.2 Å². The van der Waals surface area contributed by atoms with E-state index in [0.717, 1.165) is 0 Å². The van der Waals surface area contributed by atoms with Gasteiger partial charge in [0.1, 0.15) is 17.6 Å². The number of carbonyl (C=O) groups is 2. The molecule has 0 aliphatic carbocycles. The Balaban J connectivity index is 1.65. The molecule has 166 valence electrons. The van der Waals surface area contributed by atoms with Gasteiger partial charge in [0, 0.05) is 25.9 Å². The van der Waals surface area contributed by atoms with Crippen molar-refractivity contribution in [3.8, 4) is 0 Å². The fourth-order valence-electron chi connectivity index (χ4n) is 4.58. The highest BCUT2D eigenvalue weighted by molar-refractivity contribution is 6.30. The lowest BCUT2D eigenvalue weighted by Gasteiger charge is -2.47. The van der Waals surface area contributed by atoms with Crippen LogP contribution in [0.5, 0.6) is 0 Å². The van der Waals surface area contributed by atoms with Gasteiger partial charge >= 0.3 is 0 Å². The van der Waals surface area contributed by atoms with Crippen molar-refractivity contribution in [1.29, 1.82) is 0 Å². The van der Waals surface area contributed by atoms with Crippen LogP contribution in [-0.4, -0.2) is 63.9 Å². The fourth-order valence-corrected chi connectivity index (χ4v) is 4.78. The SMILES string of the molecule is CCN1C(=O)C2=C(O)C(O)C(C(=O)NCc3ccc(F)c(Cl)c3)=C3CC[C@@H]([C@H]1OC)N32. The predicted molar refractivity (Wildman–Crippen MR) is 109 cm³/mol. The van der Waals surface area contributed by atoms with Gasteiger partial charge in [-0.15, -0.1) is 0 Å². The number of nitrogens with zero attached hydrogens (tertiary/aromatic N) is 2. The molecule has 3 aliphatic heterocycles. The van der Waals surface area contributed by atoms with E-state index in [2.05, 4.69) is 5.32 Å². The summed E-state index contributed by atoms with van der Waals surface area (Å²) in [6.45, 7) is 2.23. The van der Waals surface area contributed by atoms with Gasteiger partial charge in [-0.25, -0.2) is 4.39 Å². The molecular formula is C21H23ClFN3O5. The Kier molecular flexibility index (Phi) is 5.67. The smallest absolute Gasteiger partial charge is 0.276 e. The Morgan fingerprint density at radius 3 is 2.81 bits per heavy atom. The van der Waals surface area contributed by atoms with Crippen molar-refractivity contribution in [2.45, 2.75) is 44.7 Å². The van der Waals surface area contributed by atoms with Crippen molar-refractivity contribution in [2.75, 3.05) is 13.7 Å². The van der Waals surface area contributed by atoms with Crippen LogP contribution in [0, 0.1) is 5.82 Å². The van der Waals surface area contributed by atoms with Crippen LogP contribution in [0.25, 0.3) is 0 Å². The Labute approximate surface area is 183 Å². The maximum absolute atomic E-state index is 13.3. The van der Waals surface area contributed by atoms with E-state index in [4.69, 9.17) is 16.3 Å². The van der Waals surface area contributed by atoms with Crippen LogP contribution < -0.4 is 5.32 Å². The quantitative estimate of drug-likeness (QED) is 0.631. The largest absolute Gasteiger partial charge is 0.507 e. The molecule has 2 saturated heterocycles. The molecular weight excluding hydrogens is 429 g/mol. The molecule has 0 saturated carbocycles. The molecule has 1 unspecified atom stereocenters. The lowest BCUT2D eigenvalue weighted by molar-refractivity contribution is -0.155. The van der Waals surface area contributed by atoms with Crippen LogP contribution in [-0.2, 0) is 20.9 Å². The molecule has 0 bridgehead atoms. The number of hydrogen-bond donors (Lipinski definition) is 3. The lowest BCUT2D eigenvalue weighted by Crippen LogP contribution is -2.60. The number of piperazine rings is 1. The van der Waals surface area contributed by atoms with Crippen molar-refractivity contribution < 1.29 is 28.9 Å². The number of aliphatic hydroxyl groups is 2. The number of hydrogen-bond acceptors (Lipinski definition) is 6. The normalized spacial score (nSPS) is 25.3. The Bertz CT molecular complexity index is 1010. The topological polar surface area (TPSA) is 102 Å². The predicted octanol–water partition coefficient (Wildman–Crippen LogP) is 1.79. The molecule has 3 N–H and O–H groups in total. The number of rotatable bonds is 5. The van der Waals surface area contributed by atoms with Gasteiger partial charge in [0.15, 0.2) is 12.0 Å².